The van der Waals surface area contributed by atoms with E-state index in [0.29, 0.717) is 30.1 Å². The van der Waals surface area contributed by atoms with E-state index >= 15 is 0 Å². The molecule has 0 unspecified atom stereocenters. The van der Waals surface area contributed by atoms with Crippen molar-refractivity contribution >= 4 is 23.2 Å². The van der Waals surface area contributed by atoms with Gasteiger partial charge in [0.1, 0.15) is 5.75 Å². The summed E-state index contributed by atoms with van der Waals surface area (Å²) in [6.07, 6.45) is 1.91. The van der Waals surface area contributed by atoms with Crippen LogP contribution in [-0.2, 0) is 17.8 Å². The van der Waals surface area contributed by atoms with Crippen LogP contribution in [0.3, 0.4) is 0 Å². The SMILES string of the molecule is CC1(C)Oc2ccc(C(=O)N3CCCc4ccccc43)cc2N(Cc2ccccc2)C1=O. The van der Waals surface area contributed by atoms with Crippen LogP contribution in [0.15, 0.2) is 72.8 Å². The molecule has 2 aliphatic rings. The van der Waals surface area contributed by atoms with E-state index in [1.165, 1.54) is 5.56 Å². The molecule has 2 heterocycles. The third-order valence-electron chi connectivity index (χ3n) is 6.16. The number of carbonyl (C=O) groups excluding carboxylic acids is 2. The number of carbonyl (C=O) groups is 2. The Kier molecular flexibility index (Phi) is 4.97. The van der Waals surface area contributed by atoms with Gasteiger partial charge in [-0.2, -0.15) is 0 Å². The molecule has 162 valence electrons. The number of nitrogens with zero attached hydrogens (tertiary/aromatic N) is 2. The van der Waals surface area contributed by atoms with E-state index in [9.17, 15) is 9.59 Å². The lowest BCUT2D eigenvalue weighted by atomic mass is 9.99. The molecule has 0 bridgehead atoms. The number of para-hydroxylation sites is 1. The van der Waals surface area contributed by atoms with Gasteiger partial charge in [0, 0.05) is 17.8 Å². The first-order valence-electron chi connectivity index (χ1n) is 11.0. The van der Waals surface area contributed by atoms with Gasteiger partial charge < -0.3 is 14.5 Å². The summed E-state index contributed by atoms with van der Waals surface area (Å²) in [4.78, 5) is 30.3. The minimum Gasteiger partial charge on any atom is -0.476 e. The molecule has 0 spiro atoms. The molecule has 5 rings (SSSR count). The highest BCUT2D eigenvalue weighted by molar-refractivity contribution is 6.09. The summed E-state index contributed by atoms with van der Waals surface area (Å²) in [7, 11) is 0. The second-order valence-corrected chi connectivity index (χ2v) is 8.86. The Morgan fingerprint density at radius 1 is 0.969 bits per heavy atom. The van der Waals surface area contributed by atoms with Gasteiger partial charge in [-0.3, -0.25) is 9.59 Å². The maximum Gasteiger partial charge on any atom is 0.271 e. The van der Waals surface area contributed by atoms with Crippen molar-refractivity contribution in [2.75, 3.05) is 16.3 Å². The molecule has 0 aliphatic carbocycles. The number of ether oxygens (including phenoxy) is 1. The van der Waals surface area contributed by atoms with Crippen LogP contribution < -0.4 is 14.5 Å². The second-order valence-electron chi connectivity index (χ2n) is 8.86. The van der Waals surface area contributed by atoms with E-state index < -0.39 is 5.60 Å². The number of amides is 2. The third-order valence-corrected chi connectivity index (χ3v) is 6.16. The Labute approximate surface area is 188 Å². The van der Waals surface area contributed by atoms with Gasteiger partial charge in [-0.25, -0.2) is 0 Å². The monoisotopic (exact) mass is 426 g/mol. The van der Waals surface area contributed by atoms with Crippen LogP contribution in [0.25, 0.3) is 0 Å². The molecule has 0 saturated carbocycles. The van der Waals surface area contributed by atoms with Gasteiger partial charge in [0.2, 0.25) is 0 Å². The van der Waals surface area contributed by atoms with Gasteiger partial charge in [-0.1, -0.05) is 48.5 Å². The molecule has 0 N–H and O–H groups in total. The molecule has 3 aromatic rings. The molecule has 0 radical (unpaired) electrons. The molecule has 2 aliphatic heterocycles. The minimum absolute atomic E-state index is 0.0584. The van der Waals surface area contributed by atoms with Crippen molar-refractivity contribution in [2.45, 2.75) is 38.8 Å². The lowest BCUT2D eigenvalue weighted by Gasteiger charge is -2.39. The van der Waals surface area contributed by atoms with Crippen molar-refractivity contribution in [3.63, 3.8) is 0 Å². The summed E-state index contributed by atoms with van der Waals surface area (Å²) in [6, 6.07) is 23.3. The smallest absolute Gasteiger partial charge is 0.271 e. The van der Waals surface area contributed by atoms with Crippen molar-refractivity contribution in [1.29, 1.82) is 0 Å². The first-order valence-corrected chi connectivity index (χ1v) is 11.0. The van der Waals surface area contributed by atoms with E-state index in [0.717, 1.165) is 24.1 Å². The maximum absolute atomic E-state index is 13.5. The molecular formula is C27H26N2O3. The van der Waals surface area contributed by atoms with Crippen LogP contribution in [0.5, 0.6) is 5.75 Å². The van der Waals surface area contributed by atoms with Crippen molar-refractivity contribution in [1.82, 2.24) is 0 Å². The lowest BCUT2D eigenvalue weighted by Crippen LogP contribution is -2.52. The van der Waals surface area contributed by atoms with Crippen molar-refractivity contribution in [2.24, 2.45) is 0 Å². The molecule has 5 heteroatoms. The standard InChI is InChI=1S/C27H26N2O3/c1-27(2)26(31)29(18-19-9-4-3-5-10-19)23-17-21(14-15-24(23)32-27)25(30)28-16-8-12-20-11-6-7-13-22(20)28/h3-7,9-11,13-15,17H,8,12,16,18H2,1-2H3. The number of rotatable bonds is 3. The molecule has 2 amide bonds. The summed E-state index contributed by atoms with van der Waals surface area (Å²) >= 11 is 0. The topological polar surface area (TPSA) is 49.9 Å². The number of aryl methyl sites for hydroxylation is 1. The number of anilines is 2. The molecule has 0 atom stereocenters. The average Bonchev–Trinajstić information content (AvgIpc) is 2.81. The summed E-state index contributed by atoms with van der Waals surface area (Å²) in [6.45, 7) is 4.66. The largest absolute Gasteiger partial charge is 0.476 e. The lowest BCUT2D eigenvalue weighted by molar-refractivity contribution is -0.132. The fraction of sp³-hybridized carbons (Fsp3) is 0.259. The number of hydrogen-bond acceptors (Lipinski definition) is 3. The van der Waals surface area contributed by atoms with Crippen LogP contribution in [0.4, 0.5) is 11.4 Å². The zero-order valence-electron chi connectivity index (χ0n) is 18.4. The Hall–Kier alpha value is -3.60. The summed E-state index contributed by atoms with van der Waals surface area (Å²) in [5.41, 5.74) is 3.39. The minimum atomic E-state index is -0.973. The molecule has 0 aromatic heterocycles. The molecule has 32 heavy (non-hydrogen) atoms. The highest BCUT2D eigenvalue weighted by Gasteiger charge is 2.41. The Balaban J connectivity index is 1.53. The highest BCUT2D eigenvalue weighted by Crippen LogP contribution is 2.40. The van der Waals surface area contributed by atoms with E-state index in [4.69, 9.17) is 4.74 Å². The zero-order chi connectivity index (χ0) is 22.3. The highest BCUT2D eigenvalue weighted by atomic mass is 16.5. The van der Waals surface area contributed by atoms with Gasteiger partial charge in [0.25, 0.3) is 11.8 Å². The van der Waals surface area contributed by atoms with Crippen molar-refractivity contribution in [3.05, 3.63) is 89.5 Å². The maximum atomic E-state index is 13.5. The van der Waals surface area contributed by atoms with E-state index in [1.54, 1.807) is 30.9 Å². The van der Waals surface area contributed by atoms with Gasteiger partial charge >= 0.3 is 0 Å². The van der Waals surface area contributed by atoms with Gasteiger partial charge in [-0.15, -0.1) is 0 Å². The molecular weight excluding hydrogens is 400 g/mol. The van der Waals surface area contributed by atoms with E-state index in [2.05, 4.69) is 6.07 Å². The number of fused-ring (bicyclic) bond motifs is 2. The number of benzene rings is 3. The molecule has 0 fully saturated rings. The normalized spacial score (nSPS) is 16.8. The zero-order valence-corrected chi connectivity index (χ0v) is 18.4. The fourth-order valence-corrected chi connectivity index (χ4v) is 4.52. The van der Waals surface area contributed by atoms with E-state index in [1.807, 2.05) is 59.5 Å². The van der Waals surface area contributed by atoms with Gasteiger partial charge in [0.15, 0.2) is 5.60 Å². The third kappa shape index (κ3) is 3.54. The van der Waals surface area contributed by atoms with Crippen LogP contribution >= 0.6 is 0 Å². The average molecular weight is 427 g/mol. The molecule has 0 saturated heterocycles. The van der Waals surface area contributed by atoms with Gasteiger partial charge in [0.05, 0.1) is 12.2 Å². The Morgan fingerprint density at radius 2 is 1.72 bits per heavy atom. The van der Waals surface area contributed by atoms with E-state index in [-0.39, 0.29) is 11.8 Å². The summed E-state index contributed by atoms with van der Waals surface area (Å²) in [5.74, 6) is 0.430. The van der Waals surface area contributed by atoms with Crippen LogP contribution in [0, 0.1) is 0 Å². The predicted octanol–water partition coefficient (Wildman–Crippen LogP) is 4.98. The Morgan fingerprint density at radius 3 is 2.53 bits per heavy atom. The molecule has 3 aromatic carbocycles. The first kappa shape index (κ1) is 20.3. The Bertz CT molecular complexity index is 1190. The first-order chi connectivity index (χ1) is 15.4. The fourth-order valence-electron chi connectivity index (χ4n) is 4.52. The van der Waals surface area contributed by atoms with Crippen LogP contribution in [0.1, 0.15) is 41.8 Å². The summed E-state index contributed by atoms with van der Waals surface area (Å²) < 4.78 is 6.02. The van der Waals surface area contributed by atoms with Crippen LogP contribution in [0.2, 0.25) is 0 Å². The quantitative estimate of drug-likeness (QED) is 0.593. The second kappa shape index (κ2) is 7.83. The summed E-state index contributed by atoms with van der Waals surface area (Å²) in [5, 5.41) is 0. The van der Waals surface area contributed by atoms with Crippen molar-refractivity contribution < 1.29 is 14.3 Å². The van der Waals surface area contributed by atoms with Gasteiger partial charge in [-0.05, 0) is 62.1 Å². The molecule has 5 nitrogen and oxygen atoms in total. The predicted molar refractivity (Wildman–Crippen MR) is 125 cm³/mol. The van der Waals surface area contributed by atoms with Crippen molar-refractivity contribution in [3.8, 4) is 5.75 Å². The van der Waals surface area contributed by atoms with Crippen LogP contribution in [-0.4, -0.2) is 24.0 Å². The number of hydrogen-bond donors (Lipinski definition) is 0.